The highest BCUT2D eigenvalue weighted by Gasteiger charge is 2.14. The van der Waals surface area contributed by atoms with Crippen molar-refractivity contribution in [1.82, 2.24) is 0 Å². The van der Waals surface area contributed by atoms with Crippen molar-refractivity contribution in [1.29, 1.82) is 0 Å². The van der Waals surface area contributed by atoms with E-state index in [9.17, 15) is 4.79 Å². The monoisotopic (exact) mass is 239 g/mol. The van der Waals surface area contributed by atoms with Crippen LogP contribution in [0, 0.1) is 0 Å². The molecule has 3 nitrogen and oxygen atoms in total. The first-order valence-electron chi connectivity index (χ1n) is 4.89. The van der Waals surface area contributed by atoms with Gasteiger partial charge in [-0.2, -0.15) is 0 Å². The van der Waals surface area contributed by atoms with Gasteiger partial charge in [-0.05, 0) is 45.0 Å². The first kappa shape index (κ1) is 12.7. The van der Waals surface area contributed by atoms with Crippen LogP contribution in [0.15, 0.2) is 29.3 Å². The maximum atomic E-state index is 11.3. The topological polar surface area (TPSA) is 38.7 Å². The van der Waals surface area contributed by atoms with Crippen molar-refractivity contribution < 1.29 is 9.53 Å². The Balaban J connectivity index is 2.60. The van der Waals surface area contributed by atoms with Crippen LogP contribution < -0.4 is 0 Å². The van der Waals surface area contributed by atoms with Crippen LogP contribution >= 0.6 is 11.6 Å². The molecule has 86 valence electrons. The van der Waals surface area contributed by atoms with Gasteiger partial charge >= 0.3 is 5.97 Å². The molecule has 0 aliphatic carbocycles. The number of carbonyl (C=O) groups excluding carboxylic acids is 1. The molecule has 0 unspecified atom stereocenters. The van der Waals surface area contributed by atoms with Crippen LogP contribution in [0.4, 0.5) is 5.69 Å². The fraction of sp³-hybridized carbons (Fsp3) is 0.333. The van der Waals surface area contributed by atoms with Gasteiger partial charge in [-0.25, -0.2) is 9.79 Å². The summed E-state index contributed by atoms with van der Waals surface area (Å²) in [7, 11) is 0. The quantitative estimate of drug-likeness (QED) is 0.586. The van der Waals surface area contributed by atoms with E-state index in [0.29, 0.717) is 10.7 Å². The molecular weight excluding hydrogens is 226 g/mol. The second-order valence-electron chi connectivity index (χ2n) is 4.27. The van der Waals surface area contributed by atoms with Crippen molar-refractivity contribution in [3.05, 3.63) is 29.3 Å². The van der Waals surface area contributed by atoms with E-state index in [1.165, 1.54) is 0 Å². The molecule has 0 bridgehead atoms. The molecule has 0 spiro atoms. The van der Waals surface area contributed by atoms with E-state index >= 15 is 0 Å². The van der Waals surface area contributed by atoms with Gasteiger partial charge in [0, 0.05) is 5.02 Å². The summed E-state index contributed by atoms with van der Waals surface area (Å²) in [6.07, 6.45) is 1.16. The molecule has 0 aromatic heterocycles. The Hall–Kier alpha value is -1.35. The molecule has 0 saturated carbocycles. The summed E-state index contributed by atoms with van der Waals surface area (Å²) in [6, 6.07) is 6.87. The molecule has 0 aliphatic rings. The lowest BCUT2D eigenvalue weighted by molar-refractivity contribution is -0.145. The van der Waals surface area contributed by atoms with Crippen LogP contribution in [-0.4, -0.2) is 17.8 Å². The normalized spacial score (nSPS) is 11.8. The Morgan fingerprint density at radius 2 is 1.88 bits per heavy atom. The van der Waals surface area contributed by atoms with E-state index in [2.05, 4.69) is 4.99 Å². The predicted octanol–water partition coefficient (Wildman–Crippen LogP) is 3.38. The Morgan fingerprint density at radius 3 is 2.38 bits per heavy atom. The molecule has 1 rings (SSSR count). The van der Waals surface area contributed by atoms with Crippen molar-refractivity contribution in [2.45, 2.75) is 26.4 Å². The van der Waals surface area contributed by atoms with Gasteiger partial charge in [-0.1, -0.05) is 11.6 Å². The Kier molecular flexibility index (Phi) is 4.07. The molecule has 1 aromatic carbocycles. The van der Waals surface area contributed by atoms with Gasteiger partial charge in [0.2, 0.25) is 0 Å². The maximum Gasteiger partial charge on any atom is 0.349 e. The number of rotatable bonds is 2. The van der Waals surface area contributed by atoms with E-state index < -0.39 is 11.6 Å². The Morgan fingerprint density at radius 1 is 1.31 bits per heavy atom. The minimum absolute atomic E-state index is 0.456. The fourth-order valence-corrected chi connectivity index (χ4v) is 1.11. The molecule has 0 N–H and O–H groups in total. The summed E-state index contributed by atoms with van der Waals surface area (Å²) in [5.41, 5.74) is 0.165. The maximum absolute atomic E-state index is 11.3. The molecule has 0 aliphatic heterocycles. The molecule has 0 fully saturated rings. The molecule has 0 saturated heterocycles. The number of esters is 1. The van der Waals surface area contributed by atoms with E-state index in [1.54, 1.807) is 45.0 Å². The fourth-order valence-electron chi connectivity index (χ4n) is 0.983. The van der Waals surface area contributed by atoms with Crippen molar-refractivity contribution in [3.63, 3.8) is 0 Å². The Bertz CT molecular complexity index is 390. The van der Waals surface area contributed by atoms with Crippen LogP contribution in [0.5, 0.6) is 0 Å². The lowest BCUT2D eigenvalue weighted by atomic mass is 10.2. The van der Waals surface area contributed by atoms with E-state index in [4.69, 9.17) is 16.3 Å². The van der Waals surface area contributed by atoms with Gasteiger partial charge in [0.25, 0.3) is 0 Å². The first-order valence-corrected chi connectivity index (χ1v) is 5.27. The lowest BCUT2D eigenvalue weighted by Crippen LogP contribution is -2.24. The SMILES string of the molecule is CC(C)(C)OC(=O)C=Nc1ccc(Cl)cc1. The van der Waals surface area contributed by atoms with Gasteiger partial charge in [-0.15, -0.1) is 0 Å². The van der Waals surface area contributed by atoms with Gasteiger partial charge in [-0.3, -0.25) is 0 Å². The summed E-state index contributed by atoms with van der Waals surface area (Å²) < 4.78 is 5.07. The number of hydrogen-bond donors (Lipinski definition) is 0. The average Bonchev–Trinajstić information content (AvgIpc) is 2.14. The number of benzene rings is 1. The zero-order valence-electron chi connectivity index (χ0n) is 9.53. The summed E-state index contributed by atoms with van der Waals surface area (Å²) in [6.45, 7) is 5.42. The molecule has 1 aromatic rings. The van der Waals surface area contributed by atoms with Gasteiger partial charge < -0.3 is 4.74 Å². The number of carbonyl (C=O) groups is 1. The third-order valence-corrected chi connectivity index (χ3v) is 1.80. The third kappa shape index (κ3) is 4.94. The van der Waals surface area contributed by atoms with E-state index in [1.807, 2.05) is 0 Å². The summed E-state index contributed by atoms with van der Waals surface area (Å²) >= 11 is 5.72. The summed E-state index contributed by atoms with van der Waals surface area (Å²) in [4.78, 5) is 15.3. The molecule has 0 heterocycles. The number of nitrogens with zero attached hydrogens (tertiary/aromatic N) is 1. The minimum Gasteiger partial charge on any atom is -0.456 e. The number of aliphatic imine (C=N–C) groups is 1. The van der Waals surface area contributed by atoms with Crippen LogP contribution in [0.1, 0.15) is 20.8 Å². The highest BCUT2D eigenvalue weighted by atomic mass is 35.5. The van der Waals surface area contributed by atoms with Gasteiger partial charge in [0.1, 0.15) is 11.8 Å². The standard InChI is InChI=1S/C12H14ClNO2/c1-12(2,3)16-11(15)8-14-10-6-4-9(13)5-7-10/h4-8H,1-3H3. The summed E-state index contributed by atoms with van der Waals surface area (Å²) in [5, 5.41) is 0.635. The Labute approximate surface area is 100 Å². The molecular formula is C12H14ClNO2. The van der Waals surface area contributed by atoms with Crippen molar-refractivity contribution in [2.24, 2.45) is 4.99 Å². The van der Waals surface area contributed by atoms with Crippen LogP contribution in [-0.2, 0) is 9.53 Å². The molecule has 0 amide bonds. The number of hydrogen-bond acceptors (Lipinski definition) is 3. The van der Waals surface area contributed by atoms with E-state index in [0.717, 1.165) is 6.21 Å². The van der Waals surface area contributed by atoms with Crippen LogP contribution in [0.2, 0.25) is 5.02 Å². The average molecular weight is 240 g/mol. The first-order chi connectivity index (χ1) is 7.37. The number of ether oxygens (including phenoxy) is 1. The highest BCUT2D eigenvalue weighted by molar-refractivity contribution is 6.30. The minimum atomic E-state index is -0.497. The second-order valence-corrected chi connectivity index (χ2v) is 4.70. The van der Waals surface area contributed by atoms with Gasteiger partial charge in [0.15, 0.2) is 0 Å². The predicted molar refractivity (Wildman–Crippen MR) is 65.4 cm³/mol. The van der Waals surface area contributed by atoms with Gasteiger partial charge in [0.05, 0.1) is 5.69 Å². The summed E-state index contributed by atoms with van der Waals surface area (Å²) in [5.74, 6) is -0.456. The molecule has 16 heavy (non-hydrogen) atoms. The molecule has 0 radical (unpaired) electrons. The molecule has 0 atom stereocenters. The van der Waals surface area contributed by atoms with Crippen LogP contribution in [0.25, 0.3) is 0 Å². The zero-order chi connectivity index (χ0) is 12.2. The van der Waals surface area contributed by atoms with E-state index in [-0.39, 0.29) is 0 Å². The lowest BCUT2D eigenvalue weighted by Gasteiger charge is -2.17. The largest absolute Gasteiger partial charge is 0.456 e. The number of halogens is 1. The molecule has 4 heteroatoms. The van der Waals surface area contributed by atoms with Crippen LogP contribution in [0.3, 0.4) is 0 Å². The third-order valence-electron chi connectivity index (χ3n) is 1.55. The highest BCUT2D eigenvalue weighted by Crippen LogP contribution is 2.15. The van der Waals surface area contributed by atoms with Crippen molar-refractivity contribution >= 4 is 29.5 Å². The second kappa shape index (κ2) is 5.12. The zero-order valence-corrected chi connectivity index (χ0v) is 10.3. The smallest absolute Gasteiger partial charge is 0.349 e. The van der Waals surface area contributed by atoms with Crippen molar-refractivity contribution in [3.8, 4) is 0 Å². The van der Waals surface area contributed by atoms with Crippen molar-refractivity contribution in [2.75, 3.05) is 0 Å².